The van der Waals surface area contributed by atoms with Gasteiger partial charge >= 0.3 is 12.0 Å². The maximum Gasteiger partial charge on any atom is 0.353 e. The fourth-order valence-electron chi connectivity index (χ4n) is 4.39. The molecule has 164 valence electrons. The van der Waals surface area contributed by atoms with Crippen LogP contribution in [0.3, 0.4) is 0 Å². The first-order valence-corrected chi connectivity index (χ1v) is 10.8. The molecule has 4 atom stereocenters. The number of aryl methyl sites for hydroxylation is 1. The van der Waals surface area contributed by atoms with E-state index in [1.54, 1.807) is 35.7 Å². The summed E-state index contributed by atoms with van der Waals surface area (Å²) >= 11 is 1.40. The number of aliphatic carboxylic acids is 1. The van der Waals surface area contributed by atoms with Crippen molar-refractivity contribution in [1.29, 1.82) is 0 Å². The Kier molecular flexibility index (Phi) is 5.40. The molecule has 31 heavy (non-hydrogen) atoms. The number of hydrogen-bond donors (Lipinski definition) is 4. The quantitative estimate of drug-likeness (QED) is 0.468. The van der Waals surface area contributed by atoms with Gasteiger partial charge in [0.25, 0.3) is 0 Å². The summed E-state index contributed by atoms with van der Waals surface area (Å²) in [6.45, 7) is 3.45. The minimum absolute atomic E-state index is 0.0207. The number of aliphatic hydroxyl groups excluding tert-OH is 1. The predicted octanol–water partition coefficient (Wildman–Crippen LogP) is 1.25. The van der Waals surface area contributed by atoms with Gasteiger partial charge in [0.1, 0.15) is 17.2 Å². The summed E-state index contributed by atoms with van der Waals surface area (Å²) in [4.78, 5) is 41.9. The van der Waals surface area contributed by atoms with Crippen LogP contribution in [0.25, 0.3) is 5.65 Å². The van der Waals surface area contributed by atoms with Gasteiger partial charge in [-0.2, -0.15) is 0 Å². The van der Waals surface area contributed by atoms with E-state index in [0.29, 0.717) is 28.5 Å². The van der Waals surface area contributed by atoms with Gasteiger partial charge in [-0.15, -0.1) is 11.8 Å². The highest BCUT2D eigenvalue weighted by molar-refractivity contribution is 8.03. The number of anilines is 1. The number of thioether (sulfide) groups is 1. The van der Waals surface area contributed by atoms with E-state index in [-0.39, 0.29) is 23.6 Å². The van der Waals surface area contributed by atoms with Gasteiger partial charge in [-0.1, -0.05) is 13.0 Å². The number of aromatic nitrogens is 2. The number of carboxylic acids is 1. The number of rotatable bonds is 7. The van der Waals surface area contributed by atoms with Gasteiger partial charge in [-0.3, -0.25) is 14.5 Å². The Morgan fingerprint density at radius 2 is 2.13 bits per heavy atom. The van der Waals surface area contributed by atoms with Crippen LogP contribution in [0, 0.1) is 11.8 Å². The van der Waals surface area contributed by atoms with Crippen LogP contribution in [0.15, 0.2) is 35.0 Å². The number of aliphatic hydroxyl groups is 1. The molecule has 1 fully saturated rings. The number of carbonyl (C=O) groups is 3. The summed E-state index contributed by atoms with van der Waals surface area (Å²) in [5, 5.41) is 22.2. The summed E-state index contributed by atoms with van der Waals surface area (Å²) in [6.07, 6.45) is 1.53. The number of fused-ring (bicyclic) bond motifs is 2. The highest BCUT2D eigenvalue weighted by atomic mass is 32.2. The number of nitrogens with two attached hydrogens (primary N) is 1. The van der Waals surface area contributed by atoms with E-state index in [0.717, 1.165) is 5.69 Å². The van der Waals surface area contributed by atoms with Crippen molar-refractivity contribution < 1.29 is 24.6 Å². The fraction of sp³-hybridized carbons (Fsp3) is 0.400. The summed E-state index contributed by atoms with van der Waals surface area (Å²) in [6, 6.07) is 4.28. The molecule has 0 unspecified atom stereocenters. The molecule has 0 saturated carbocycles. The molecule has 4 rings (SSSR count). The number of nitrogens with zero attached hydrogens (tertiary/aromatic N) is 3. The van der Waals surface area contributed by atoms with E-state index in [1.807, 2.05) is 6.92 Å². The molecule has 1 saturated heterocycles. The average molecular weight is 446 g/mol. The van der Waals surface area contributed by atoms with Crippen LogP contribution in [0.1, 0.15) is 19.5 Å². The Hall–Kier alpha value is -3.05. The molecule has 2 aromatic heterocycles. The molecule has 2 aliphatic rings. The lowest BCUT2D eigenvalue weighted by Crippen LogP contribution is -2.63. The average Bonchev–Trinajstić information content (AvgIpc) is 3.19. The Morgan fingerprint density at radius 1 is 1.39 bits per heavy atom. The number of primary amides is 1. The molecule has 4 heterocycles. The molecule has 11 heteroatoms. The number of β-lactam (4-membered cyclic amide) rings is 1. The lowest BCUT2D eigenvalue weighted by Gasteiger charge is -2.46. The first kappa shape index (κ1) is 21.2. The van der Waals surface area contributed by atoms with E-state index in [4.69, 9.17) is 5.73 Å². The van der Waals surface area contributed by atoms with Gasteiger partial charge in [0.05, 0.1) is 23.8 Å². The first-order chi connectivity index (χ1) is 14.7. The maximum atomic E-state index is 12.4. The Bertz CT molecular complexity index is 1110. The molecule has 0 radical (unpaired) electrons. The van der Waals surface area contributed by atoms with Crippen LogP contribution in [-0.4, -0.2) is 60.3 Å². The minimum Gasteiger partial charge on any atom is -0.477 e. The van der Waals surface area contributed by atoms with Gasteiger partial charge in [0, 0.05) is 29.2 Å². The zero-order valence-corrected chi connectivity index (χ0v) is 17.8. The SMILES string of the molecule is C[C@@H](O)[C@@H]1C(=O)N2C(C(=O)O)=C(SCCc3cn4c(NC(N)=O)cccc4n3)[C@H](C)[C@@H]12. The van der Waals surface area contributed by atoms with Crippen LogP contribution >= 0.6 is 11.8 Å². The van der Waals surface area contributed by atoms with E-state index in [9.17, 15) is 24.6 Å². The number of nitrogens with one attached hydrogen (secondary N) is 1. The molecule has 2 aliphatic heterocycles. The summed E-state index contributed by atoms with van der Waals surface area (Å²) < 4.78 is 1.72. The molecule has 10 nitrogen and oxygen atoms in total. The van der Waals surface area contributed by atoms with Crippen molar-refractivity contribution in [1.82, 2.24) is 14.3 Å². The number of urea groups is 1. The standard InChI is InChI=1S/C20H23N5O5S/c1-9-15-14(10(2)26)18(27)25(15)16(19(28)29)17(9)31-7-6-11-8-24-12(22-11)4-3-5-13(24)23-20(21)30/h3-5,8-10,14-15,26H,6-7H2,1-2H3,(H,28,29)(H3,21,23,30)/t9-,10-,14+,15+/m1/s1. The molecular weight excluding hydrogens is 422 g/mol. The molecular formula is C20H23N5O5S. The smallest absolute Gasteiger partial charge is 0.353 e. The van der Waals surface area contributed by atoms with Crippen molar-refractivity contribution in [2.45, 2.75) is 32.4 Å². The van der Waals surface area contributed by atoms with Crippen molar-refractivity contribution in [3.63, 3.8) is 0 Å². The van der Waals surface area contributed by atoms with Gasteiger partial charge in [0.2, 0.25) is 5.91 Å². The van der Waals surface area contributed by atoms with Crippen LogP contribution in [-0.2, 0) is 16.0 Å². The van der Waals surface area contributed by atoms with Gasteiger partial charge in [-0.05, 0) is 19.1 Å². The third-order valence-electron chi connectivity index (χ3n) is 5.72. The molecule has 3 amide bonds. The predicted molar refractivity (Wildman–Crippen MR) is 114 cm³/mol. The Labute approximate surface area is 182 Å². The van der Waals surface area contributed by atoms with E-state index in [2.05, 4.69) is 10.3 Å². The second-order valence-electron chi connectivity index (χ2n) is 7.73. The Balaban J connectivity index is 1.50. The molecule has 0 bridgehead atoms. The third-order valence-corrected chi connectivity index (χ3v) is 7.00. The van der Waals surface area contributed by atoms with Crippen molar-refractivity contribution in [2.75, 3.05) is 11.1 Å². The van der Waals surface area contributed by atoms with Crippen LogP contribution in [0.4, 0.5) is 10.6 Å². The minimum atomic E-state index is -1.14. The highest BCUT2D eigenvalue weighted by Gasteiger charge is 2.59. The van der Waals surface area contributed by atoms with Crippen molar-refractivity contribution in [2.24, 2.45) is 17.6 Å². The highest BCUT2D eigenvalue weighted by Crippen LogP contribution is 2.50. The lowest BCUT2D eigenvalue weighted by molar-refractivity contribution is -0.163. The molecule has 5 N–H and O–H groups in total. The largest absolute Gasteiger partial charge is 0.477 e. The van der Waals surface area contributed by atoms with Gasteiger partial charge < -0.3 is 20.8 Å². The summed E-state index contributed by atoms with van der Waals surface area (Å²) in [7, 11) is 0. The second kappa shape index (κ2) is 7.89. The monoisotopic (exact) mass is 445 g/mol. The topological polar surface area (TPSA) is 150 Å². The molecule has 2 aromatic rings. The van der Waals surface area contributed by atoms with E-state index < -0.39 is 24.0 Å². The zero-order chi connectivity index (χ0) is 22.4. The van der Waals surface area contributed by atoms with Crippen molar-refractivity contribution >= 4 is 41.1 Å². The molecule has 0 spiro atoms. The van der Waals surface area contributed by atoms with Crippen LogP contribution in [0.2, 0.25) is 0 Å². The Morgan fingerprint density at radius 3 is 2.77 bits per heavy atom. The normalized spacial score (nSPS) is 23.6. The molecule has 0 aromatic carbocycles. The van der Waals surface area contributed by atoms with Crippen molar-refractivity contribution in [3.05, 3.63) is 40.7 Å². The van der Waals surface area contributed by atoms with Crippen LogP contribution < -0.4 is 11.1 Å². The van der Waals surface area contributed by atoms with Crippen molar-refractivity contribution in [3.8, 4) is 0 Å². The van der Waals surface area contributed by atoms with Crippen LogP contribution in [0.5, 0.6) is 0 Å². The van der Waals surface area contributed by atoms with E-state index >= 15 is 0 Å². The number of hydrogen-bond acceptors (Lipinski definition) is 6. The number of amides is 3. The second-order valence-corrected chi connectivity index (χ2v) is 8.87. The number of carbonyl (C=O) groups excluding carboxylic acids is 2. The lowest BCUT2D eigenvalue weighted by atomic mass is 9.79. The van der Waals surface area contributed by atoms with Gasteiger partial charge in [-0.25, -0.2) is 14.6 Å². The zero-order valence-electron chi connectivity index (χ0n) is 17.0. The summed E-state index contributed by atoms with van der Waals surface area (Å²) in [5.74, 6) is -1.15. The molecule has 0 aliphatic carbocycles. The number of carboxylic acid groups (broad SMARTS) is 1. The van der Waals surface area contributed by atoms with Gasteiger partial charge in [0.15, 0.2) is 0 Å². The third kappa shape index (κ3) is 3.53. The fourth-order valence-corrected chi connectivity index (χ4v) is 5.65. The number of imidazole rings is 1. The maximum absolute atomic E-state index is 12.4. The number of pyridine rings is 1. The first-order valence-electron chi connectivity index (χ1n) is 9.85. The van der Waals surface area contributed by atoms with E-state index in [1.165, 1.54) is 16.7 Å². The summed E-state index contributed by atoms with van der Waals surface area (Å²) in [5.41, 5.74) is 6.65.